The Labute approximate surface area is 154 Å². The quantitative estimate of drug-likeness (QED) is 0.612. The maximum Gasteiger partial charge on any atom is 0.175 e. The topological polar surface area (TPSA) is 29.0 Å². The van der Waals surface area contributed by atoms with Gasteiger partial charge in [-0.3, -0.25) is 0 Å². The van der Waals surface area contributed by atoms with Crippen molar-refractivity contribution in [1.82, 2.24) is 4.57 Å². The van der Waals surface area contributed by atoms with E-state index in [0.717, 1.165) is 23.5 Å². The van der Waals surface area contributed by atoms with Gasteiger partial charge in [0.15, 0.2) is 5.11 Å². The molecular weight excluding hydrogens is 326 g/mol. The molecule has 0 saturated carbocycles. The second kappa shape index (κ2) is 7.53. The Morgan fingerprint density at radius 2 is 1.76 bits per heavy atom. The van der Waals surface area contributed by atoms with Gasteiger partial charge in [-0.2, -0.15) is 0 Å². The van der Waals surface area contributed by atoms with Crippen LogP contribution in [0, 0.1) is 13.8 Å². The van der Waals surface area contributed by atoms with E-state index in [4.69, 9.17) is 12.2 Å². The van der Waals surface area contributed by atoms with E-state index in [1.54, 1.807) is 0 Å². The zero-order valence-electron chi connectivity index (χ0n) is 14.8. The van der Waals surface area contributed by atoms with E-state index in [2.05, 4.69) is 60.2 Å². The fourth-order valence-electron chi connectivity index (χ4n) is 2.87. The third kappa shape index (κ3) is 3.91. The summed E-state index contributed by atoms with van der Waals surface area (Å²) in [6.07, 6.45) is 5.10. The van der Waals surface area contributed by atoms with Crippen molar-refractivity contribution in [2.45, 2.75) is 27.2 Å². The Kier molecular flexibility index (Phi) is 5.19. The number of aryl methyl sites for hydroxylation is 2. The van der Waals surface area contributed by atoms with E-state index in [1.807, 2.05) is 36.7 Å². The van der Waals surface area contributed by atoms with Gasteiger partial charge in [-0.1, -0.05) is 25.1 Å². The predicted molar refractivity (Wildman–Crippen MR) is 111 cm³/mol. The summed E-state index contributed by atoms with van der Waals surface area (Å²) in [6.45, 7) is 6.41. The lowest BCUT2D eigenvalue weighted by Gasteiger charge is -2.18. The van der Waals surface area contributed by atoms with Gasteiger partial charge in [-0.25, -0.2) is 0 Å². The first kappa shape index (κ1) is 17.2. The highest BCUT2D eigenvalue weighted by atomic mass is 32.1. The molecule has 3 aromatic rings. The molecule has 4 heteroatoms. The first-order valence-electron chi connectivity index (χ1n) is 8.49. The lowest BCUT2D eigenvalue weighted by Crippen LogP contribution is -2.20. The Bertz CT molecular complexity index is 882. The molecule has 0 saturated heterocycles. The van der Waals surface area contributed by atoms with Crippen LogP contribution < -0.4 is 10.6 Å². The highest BCUT2D eigenvalue weighted by Gasteiger charge is 2.11. The van der Waals surface area contributed by atoms with Crippen molar-refractivity contribution in [2.75, 3.05) is 10.6 Å². The normalized spacial score (nSPS) is 10.5. The van der Waals surface area contributed by atoms with Gasteiger partial charge in [0.1, 0.15) is 0 Å². The van der Waals surface area contributed by atoms with Gasteiger partial charge in [0.25, 0.3) is 0 Å². The summed E-state index contributed by atoms with van der Waals surface area (Å²) in [7, 11) is 0. The van der Waals surface area contributed by atoms with Crippen LogP contribution in [0.2, 0.25) is 0 Å². The van der Waals surface area contributed by atoms with Crippen LogP contribution in [0.4, 0.5) is 11.4 Å². The van der Waals surface area contributed by atoms with Crippen LogP contribution in [0.3, 0.4) is 0 Å². The average Bonchev–Trinajstić information content (AvgIpc) is 3.12. The van der Waals surface area contributed by atoms with Crippen molar-refractivity contribution in [3.05, 3.63) is 77.6 Å². The monoisotopic (exact) mass is 349 g/mol. The van der Waals surface area contributed by atoms with E-state index in [0.29, 0.717) is 5.11 Å². The number of hydrogen-bond donors (Lipinski definition) is 2. The molecule has 2 N–H and O–H groups in total. The first-order chi connectivity index (χ1) is 12.1. The maximum atomic E-state index is 5.53. The van der Waals surface area contributed by atoms with Gasteiger partial charge in [0, 0.05) is 18.1 Å². The lowest BCUT2D eigenvalue weighted by atomic mass is 10.1. The van der Waals surface area contributed by atoms with Gasteiger partial charge < -0.3 is 15.2 Å². The van der Waals surface area contributed by atoms with Crippen LogP contribution in [0.5, 0.6) is 0 Å². The molecule has 1 aromatic heterocycles. The Balaban J connectivity index is 1.85. The summed E-state index contributed by atoms with van der Waals surface area (Å²) in [5.74, 6) is 0. The molecule has 0 aliphatic rings. The SMILES string of the molecule is CCc1cccc(NC(=S)Nc2ccc(C)c(C)c2-n2cccc2)c1. The minimum absolute atomic E-state index is 0.588. The van der Waals surface area contributed by atoms with Crippen LogP contribution >= 0.6 is 12.2 Å². The number of benzene rings is 2. The Morgan fingerprint density at radius 1 is 1.00 bits per heavy atom. The van der Waals surface area contributed by atoms with Crippen molar-refractivity contribution in [2.24, 2.45) is 0 Å². The van der Waals surface area contributed by atoms with Crippen molar-refractivity contribution < 1.29 is 0 Å². The largest absolute Gasteiger partial charge is 0.332 e. The summed E-state index contributed by atoms with van der Waals surface area (Å²) in [5.41, 5.74) is 6.89. The van der Waals surface area contributed by atoms with Crippen molar-refractivity contribution in [3.63, 3.8) is 0 Å². The van der Waals surface area contributed by atoms with Gasteiger partial charge in [-0.05, 0) is 79.5 Å². The summed E-state index contributed by atoms with van der Waals surface area (Å²) in [5, 5.41) is 7.22. The predicted octanol–water partition coefficient (Wildman–Crippen LogP) is 5.47. The summed E-state index contributed by atoms with van der Waals surface area (Å²) >= 11 is 5.53. The zero-order chi connectivity index (χ0) is 17.8. The summed E-state index contributed by atoms with van der Waals surface area (Å²) in [6, 6.07) is 16.6. The van der Waals surface area contributed by atoms with Crippen LogP contribution in [0.15, 0.2) is 60.9 Å². The van der Waals surface area contributed by atoms with Crippen LogP contribution in [0.1, 0.15) is 23.6 Å². The molecule has 0 radical (unpaired) electrons. The molecule has 0 amide bonds. The molecule has 3 nitrogen and oxygen atoms in total. The van der Waals surface area contributed by atoms with Crippen LogP contribution in [0.25, 0.3) is 5.69 Å². The number of nitrogens with zero attached hydrogens (tertiary/aromatic N) is 1. The molecule has 128 valence electrons. The van der Waals surface area contributed by atoms with E-state index in [1.165, 1.54) is 16.7 Å². The van der Waals surface area contributed by atoms with Crippen molar-refractivity contribution in [1.29, 1.82) is 0 Å². The zero-order valence-corrected chi connectivity index (χ0v) is 15.7. The van der Waals surface area contributed by atoms with Gasteiger partial charge in [0.05, 0.1) is 11.4 Å². The average molecular weight is 350 g/mol. The molecule has 1 heterocycles. The second-order valence-corrected chi connectivity index (χ2v) is 6.54. The number of aromatic nitrogens is 1. The van der Waals surface area contributed by atoms with Crippen LogP contribution in [-0.4, -0.2) is 9.68 Å². The molecule has 0 aliphatic carbocycles. The van der Waals surface area contributed by atoms with Crippen LogP contribution in [-0.2, 0) is 6.42 Å². The number of anilines is 2. The van der Waals surface area contributed by atoms with E-state index in [9.17, 15) is 0 Å². The molecule has 0 spiro atoms. The third-order valence-electron chi connectivity index (χ3n) is 4.41. The van der Waals surface area contributed by atoms with Gasteiger partial charge >= 0.3 is 0 Å². The molecule has 0 aliphatic heterocycles. The molecule has 0 bridgehead atoms. The standard InChI is InChI=1S/C21H23N3S/c1-4-17-8-7-9-18(14-17)22-21(25)23-19-11-10-15(2)16(3)20(19)24-12-5-6-13-24/h5-14H,4H2,1-3H3,(H2,22,23,25). The minimum atomic E-state index is 0.588. The van der Waals surface area contributed by atoms with E-state index >= 15 is 0 Å². The molecular formula is C21H23N3S. The smallest absolute Gasteiger partial charge is 0.175 e. The molecule has 3 rings (SSSR count). The summed E-state index contributed by atoms with van der Waals surface area (Å²) < 4.78 is 2.12. The fraction of sp³-hybridized carbons (Fsp3) is 0.190. The number of hydrogen-bond acceptors (Lipinski definition) is 1. The maximum absolute atomic E-state index is 5.53. The molecule has 0 unspecified atom stereocenters. The fourth-order valence-corrected chi connectivity index (χ4v) is 3.10. The molecule has 0 atom stereocenters. The minimum Gasteiger partial charge on any atom is -0.332 e. The highest BCUT2D eigenvalue weighted by molar-refractivity contribution is 7.80. The summed E-state index contributed by atoms with van der Waals surface area (Å²) in [4.78, 5) is 0. The van der Waals surface area contributed by atoms with E-state index in [-0.39, 0.29) is 0 Å². The lowest BCUT2D eigenvalue weighted by molar-refractivity contribution is 1.05. The highest BCUT2D eigenvalue weighted by Crippen LogP contribution is 2.27. The van der Waals surface area contributed by atoms with Gasteiger partial charge in [-0.15, -0.1) is 0 Å². The number of thiocarbonyl (C=S) groups is 1. The number of rotatable bonds is 4. The third-order valence-corrected chi connectivity index (χ3v) is 4.61. The first-order valence-corrected chi connectivity index (χ1v) is 8.90. The molecule has 2 aromatic carbocycles. The van der Waals surface area contributed by atoms with Crippen molar-refractivity contribution >= 4 is 28.7 Å². The number of nitrogens with one attached hydrogen (secondary N) is 2. The molecule has 25 heavy (non-hydrogen) atoms. The second-order valence-electron chi connectivity index (χ2n) is 6.13. The van der Waals surface area contributed by atoms with Gasteiger partial charge in [0.2, 0.25) is 0 Å². The van der Waals surface area contributed by atoms with Crippen molar-refractivity contribution in [3.8, 4) is 5.69 Å². The van der Waals surface area contributed by atoms with E-state index < -0.39 is 0 Å². The Hall–Kier alpha value is -2.59. The Morgan fingerprint density at radius 3 is 2.48 bits per heavy atom. The molecule has 0 fully saturated rings.